The summed E-state index contributed by atoms with van der Waals surface area (Å²) in [6.07, 6.45) is 1.14. The lowest BCUT2D eigenvalue weighted by molar-refractivity contribution is 0.119. The number of carboxylic acid groups (broad SMARTS) is 1. The average molecular weight is 497 g/mol. The Balaban J connectivity index is 1.81. The van der Waals surface area contributed by atoms with Crippen molar-refractivity contribution in [2.24, 2.45) is 0 Å². The average Bonchev–Trinajstić information content (AvgIpc) is 3.54. The molecule has 1 unspecified atom stereocenters. The summed E-state index contributed by atoms with van der Waals surface area (Å²) in [6.45, 7) is 0.983. The largest absolute Gasteiger partial charge is 0.495 e. The topological polar surface area (TPSA) is 112 Å². The number of hydrogen-bond donors (Lipinski definition) is 1. The fraction of sp³-hybridized carbons (Fsp3) is 0.474. The van der Waals surface area contributed by atoms with Crippen LogP contribution in [0.15, 0.2) is 10.5 Å². The molecule has 1 atom stereocenters. The third kappa shape index (κ3) is 3.91. The second-order valence-electron chi connectivity index (χ2n) is 7.19. The molecule has 2 fully saturated rings. The highest BCUT2D eigenvalue weighted by Crippen LogP contribution is 2.45. The van der Waals surface area contributed by atoms with E-state index in [1.54, 1.807) is 7.11 Å². The molecule has 4 rings (SSSR count). The maximum atomic E-state index is 11.5. The summed E-state index contributed by atoms with van der Waals surface area (Å²) in [5, 5.41) is 19.3. The highest BCUT2D eigenvalue weighted by molar-refractivity contribution is 9.10. The maximum Gasteiger partial charge on any atom is 0.407 e. The number of benzene rings is 1. The van der Waals surface area contributed by atoms with Gasteiger partial charge in [-0.2, -0.15) is 10.2 Å². The van der Waals surface area contributed by atoms with Crippen LogP contribution in [0.5, 0.6) is 11.5 Å². The summed E-state index contributed by atoms with van der Waals surface area (Å²) >= 11 is 9.80. The number of nitriles is 1. The second kappa shape index (κ2) is 8.32. The van der Waals surface area contributed by atoms with Gasteiger partial charge in [0.1, 0.15) is 21.6 Å². The number of rotatable bonds is 5. The van der Waals surface area contributed by atoms with E-state index in [0.29, 0.717) is 45.8 Å². The van der Waals surface area contributed by atoms with E-state index in [-0.39, 0.29) is 24.4 Å². The van der Waals surface area contributed by atoms with E-state index >= 15 is 0 Å². The van der Waals surface area contributed by atoms with Crippen LogP contribution in [0.25, 0.3) is 10.9 Å². The number of fused-ring (bicyclic) bond motifs is 1. The molecule has 9 nitrogen and oxygen atoms in total. The lowest BCUT2D eigenvalue weighted by atomic mass is 10.1. The van der Waals surface area contributed by atoms with E-state index in [1.165, 1.54) is 4.90 Å². The van der Waals surface area contributed by atoms with E-state index in [4.69, 9.17) is 26.3 Å². The highest BCUT2D eigenvalue weighted by atomic mass is 79.9. The predicted octanol–water partition coefficient (Wildman–Crippen LogP) is 3.68. The van der Waals surface area contributed by atoms with Gasteiger partial charge < -0.3 is 24.4 Å². The van der Waals surface area contributed by atoms with Crippen LogP contribution in [0.1, 0.15) is 19.3 Å². The summed E-state index contributed by atoms with van der Waals surface area (Å²) < 4.78 is 12.3. The summed E-state index contributed by atoms with van der Waals surface area (Å²) in [7, 11) is 1.57. The van der Waals surface area contributed by atoms with Crippen molar-refractivity contribution in [3.05, 3.63) is 15.8 Å². The molecule has 2 aromatic rings. The number of halogens is 2. The zero-order valence-corrected chi connectivity index (χ0v) is 18.5. The highest BCUT2D eigenvalue weighted by Gasteiger charge is 2.33. The maximum absolute atomic E-state index is 11.5. The molecular formula is C19H19BrClN5O4. The van der Waals surface area contributed by atoms with Gasteiger partial charge >= 0.3 is 6.09 Å². The van der Waals surface area contributed by atoms with Gasteiger partial charge in [0.05, 0.1) is 37.1 Å². The molecule has 1 amide bonds. The number of hydrogen-bond acceptors (Lipinski definition) is 7. The van der Waals surface area contributed by atoms with E-state index in [9.17, 15) is 9.90 Å². The van der Waals surface area contributed by atoms with Gasteiger partial charge in [-0.3, -0.25) is 0 Å². The Morgan fingerprint density at radius 3 is 2.83 bits per heavy atom. The number of methoxy groups -OCH3 is 1. The molecule has 30 heavy (non-hydrogen) atoms. The second-order valence-corrected chi connectivity index (χ2v) is 8.32. The standard InChI is InChI=1S/C19H19BrClN5O4/c1-29-13-8-12-15(16(14(13)20)30-11-2-3-11)23-18(21)24-17(12)25-6-7-26(19(27)28)10(9-25)4-5-22/h8,10-11H,2-4,6-7,9H2,1H3,(H,27,28). The van der Waals surface area contributed by atoms with Gasteiger partial charge in [-0.05, 0) is 46.4 Å². The zero-order valence-electron chi connectivity index (χ0n) is 16.1. The quantitative estimate of drug-likeness (QED) is 0.624. The van der Waals surface area contributed by atoms with Crippen molar-refractivity contribution in [1.29, 1.82) is 5.26 Å². The van der Waals surface area contributed by atoms with Crippen LogP contribution in [-0.4, -0.2) is 65.0 Å². The third-order valence-electron chi connectivity index (χ3n) is 5.19. The molecule has 0 bridgehead atoms. The van der Waals surface area contributed by atoms with Crippen molar-refractivity contribution in [2.45, 2.75) is 31.4 Å². The predicted molar refractivity (Wildman–Crippen MR) is 113 cm³/mol. The molecule has 1 aromatic heterocycles. The molecule has 0 radical (unpaired) electrons. The van der Waals surface area contributed by atoms with E-state index in [2.05, 4.69) is 32.0 Å². The number of aromatic nitrogens is 2. The van der Waals surface area contributed by atoms with Crippen molar-refractivity contribution in [2.75, 3.05) is 31.6 Å². The van der Waals surface area contributed by atoms with Crippen LogP contribution < -0.4 is 14.4 Å². The minimum Gasteiger partial charge on any atom is -0.495 e. The van der Waals surface area contributed by atoms with Crippen molar-refractivity contribution in [3.63, 3.8) is 0 Å². The van der Waals surface area contributed by atoms with Gasteiger partial charge in [0.2, 0.25) is 5.28 Å². The Kier molecular flexibility index (Phi) is 5.75. The number of ether oxygens (including phenoxy) is 2. The van der Waals surface area contributed by atoms with Gasteiger partial charge in [-0.15, -0.1) is 0 Å². The third-order valence-corrected chi connectivity index (χ3v) is 6.11. The zero-order chi connectivity index (χ0) is 21.4. The Morgan fingerprint density at radius 2 is 2.20 bits per heavy atom. The fourth-order valence-electron chi connectivity index (χ4n) is 3.58. The van der Waals surface area contributed by atoms with Gasteiger partial charge in [0.25, 0.3) is 0 Å². The van der Waals surface area contributed by atoms with Gasteiger partial charge in [-0.1, -0.05) is 0 Å². The first-order chi connectivity index (χ1) is 14.4. The van der Waals surface area contributed by atoms with Crippen molar-refractivity contribution >= 4 is 50.3 Å². The van der Waals surface area contributed by atoms with E-state index in [0.717, 1.165) is 12.8 Å². The fourth-order valence-corrected chi connectivity index (χ4v) is 4.30. The molecule has 1 N–H and O–H groups in total. The number of piperazine rings is 1. The molecule has 1 saturated carbocycles. The Labute approximate surface area is 186 Å². The molecule has 1 aliphatic heterocycles. The first kappa shape index (κ1) is 20.8. The number of carbonyl (C=O) groups is 1. The van der Waals surface area contributed by atoms with Crippen LogP contribution in [0.2, 0.25) is 5.28 Å². The minimum atomic E-state index is -1.04. The van der Waals surface area contributed by atoms with Crippen LogP contribution in [0.3, 0.4) is 0 Å². The summed E-state index contributed by atoms with van der Waals surface area (Å²) in [5.41, 5.74) is 0.557. The summed E-state index contributed by atoms with van der Waals surface area (Å²) in [5.74, 6) is 1.68. The summed E-state index contributed by atoms with van der Waals surface area (Å²) in [4.78, 5) is 23.6. The molecule has 1 aliphatic carbocycles. The van der Waals surface area contributed by atoms with Crippen LogP contribution in [0, 0.1) is 11.3 Å². The van der Waals surface area contributed by atoms with Gasteiger partial charge in [0.15, 0.2) is 5.75 Å². The van der Waals surface area contributed by atoms with Crippen molar-refractivity contribution in [1.82, 2.24) is 14.9 Å². The smallest absolute Gasteiger partial charge is 0.407 e. The van der Waals surface area contributed by atoms with E-state index in [1.807, 2.05) is 11.0 Å². The van der Waals surface area contributed by atoms with Crippen LogP contribution in [0.4, 0.5) is 10.6 Å². The molecule has 1 saturated heterocycles. The summed E-state index contributed by atoms with van der Waals surface area (Å²) in [6, 6.07) is 3.41. The molecule has 158 valence electrons. The van der Waals surface area contributed by atoms with Crippen LogP contribution >= 0.6 is 27.5 Å². The molecule has 2 heterocycles. The molecule has 11 heteroatoms. The normalized spacial score (nSPS) is 18.9. The van der Waals surface area contributed by atoms with Crippen LogP contribution in [-0.2, 0) is 0 Å². The lowest BCUT2D eigenvalue weighted by Gasteiger charge is -2.40. The monoisotopic (exact) mass is 495 g/mol. The number of anilines is 1. The number of amides is 1. The minimum absolute atomic E-state index is 0.0627. The molecular weight excluding hydrogens is 478 g/mol. The SMILES string of the molecule is COc1cc2c(N3CCN(C(=O)O)C(CC#N)C3)nc(Cl)nc2c(OC2CC2)c1Br. The number of nitrogens with zero attached hydrogens (tertiary/aromatic N) is 5. The Morgan fingerprint density at radius 1 is 1.43 bits per heavy atom. The first-order valence-electron chi connectivity index (χ1n) is 9.44. The molecule has 2 aliphatic rings. The molecule has 0 spiro atoms. The lowest BCUT2D eigenvalue weighted by Crippen LogP contribution is -2.55. The Hall–Kier alpha value is -2.51. The van der Waals surface area contributed by atoms with Gasteiger partial charge in [0, 0.05) is 19.6 Å². The Bertz CT molecular complexity index is 1040. The van der Waals surface area contributed by atoms with Crippen molar-refractivity contribution < 1.29 is 19.4 Å². The van der Waals surface area contributed by atoms with Gasteiger partial charge in [-0.25, -0.2) is 9.78 Å². The van der Waals surface area contributed by atoms with Crippen molar-refractivity contribution in [3.8, 4) is 17.6 Å². The van der Waals surface area contributed by atoms with E-state index < -0.39 is 12.1 Å². The first-order valence-corrected chi connectivity index (χ1v) is 10.6. The molecule has 1 aromatic carbocycles.